The van der Waals surface area contributed by atoms with E-state index < -0.39 is 17.4 Å². The zero-order valence-corrected chi connectivity index (χ0v) is 13.5. The van der Waals surface area contributed by atoms with Crippen LogP contribution >= 0.6 is 6.64 Å². The van der Waals surface area contributed by atoms with E-state index in [1.165, 1.54) is 16.6 Å². The maximum atomic E-state index is 10.6. The van der Waals surface area contributed by atoms with Crippen molar-refractivity contribution in [1.29, 1.82) is 0 Å². The van der Waals surface area contributed by atoms with Crippen LogP contribution in [0.2, 0.25) is 0 Å². The van der Waals surface area contributed by atoms with Gasteiger partial charge in [0.25, 0.3) is 0 Å². The Bertz CT molecular complexity index is 719. The first-order valence-electron chi connectivity index (χ1n) is 6.28. The lowest BCUT2D eigenvalue weighted by Crippen LogP contribution is -2.09. The van der Waals surface area contributed by atoms with Gasteiger partial charge in [-0.15, -0.1) is 5.10 Å². The molecule has 0 radical (unpaired) electrons. The predicted molar refractivity (Wildman–Crippen MR) is 81.7 cm³/mol. The molecule has 0 saturated heterocycles. The summed E-state index contributed by atoms with van der Waals surface area (Å²) >= 11 is 5.37. The standard InChI is InChI=1S/C10H14N5O5PS/c1-3-18-21(22,19-4-2)14-10(11)12-9(13-14)7-5-6-8(20-7)15(16)17/h5-6H,3-4H2,1-2H3,(H2,11,12,13). The zero-order valence-electron chi connectivity index (χ0n) is 11.8. The van der Waals surface area contributed by atoms with Crippen molar-refractivity contribution in [3.63, 3.8) is 0 Å². The van der Waals surface area contributed by atoms with Gasteiger partial charge in [0.15, 0.2) is 5.76 Å². The van der Waals surface area contributed by atoms with Crippen LogP contribution in [0.5, 0.6) is 0 Å². The summed E-state index contributed by atoms with van der Waals surface area (Å²) < 4.78 is 17.2. The Morgan fingerprint density at radius 2 is 2.09 bits per heavy atom. The minimum absolute atomic E-state index is 0.0145. The van der Waals surface area contributed by atoms with E-state index in [-0.39, 0.29) is 17.5 Å². The minimum Gasteiger partial charge on any atom is -0.397 e. The fourth-order valence-corrected chi connectivity index (χ4v) is 4.05. The third-order valence-electron chi connectivity index (χ3n) is 2.42. The molecule has 0 aliphatic heterocycles. The number of nitrogen functional groups attached to an aromatic ring is 1. The molecule has 0 atom stereocenters. The average Bonchev–Trinajstić information content (AvgIpc) is 3.05. The van der Waals surface area contributed by atoms with Crippen LogP contribution in [0.3, 0.4) is 0 Å². The lowest BCUT2D eigenvalue weighted by Gasteiger charge is -2.20. The Morgan fingerprint density at radius 3 is 2.59 bits per heavy atom. The van der Waals surface area contributed by atoms with Crippen LogP contribution in [-0.2, 0) is 20.9 Å². The quantitative estimate of drug-likeness (QED) is 0.454. The number of rotatable bonds is 7. The second kappa shape index (κ2) is 6.53. The Balaban J connectivity index is 2.41. The molecule has 0 unspecified atom stereocenters. The summed E-state index contributed by atoms with van der Waals surface area (Å²) in [5, 5.41) is 14.8. The van der Waals surface area contributed by atoms with E-state index in [1.54, 1.807) is 13.8 Å². The summed E-state index contributed by atoms with van der Waals surface area (Å²) in [6.07, 6.45) is 0. The lowest BCUT2D eigenvalue weighted by atomic mass is 10.4. The SMILES string of the molecule is CCOP(=S)(OCC)n1nc(-c2ccc([N+](=O)[O-])o2)nc1N. The first-order chi connectivity index (χ1) is 10.4. The number of hydrogen-bond acceptors (Lipinski definition) is 9. The Hall–Kier alpha value is -1.81. The monoisotopic (exact) mass is 347 g/mol. The normalized spacial score (nSPS) is 11.7. The summed E-state index contributed by atoms with van der Waals surface area (Å²) in [7, 11) is 0. The van der Waals surface area contributed by atoms with Crippen molar-refractivity contribution >= 4 is 30.3 Å². The molecule has 2 rings (SSSR count). The highest BCUT2D eigenvalue weighted by Crippen LogP contribution is 2.50. The third kappa shape index (κ3) is 3.17. The molecule has 120 valence electrons. The number of hydrogen-bond donors (Lipinski definition) is 1. The Kier molecular flexibility index (Phi) is 4.91. The number of aromatic nitrogens is 3. The van der Waals surface area contributed by atoms with Crippen molar-refractivity contribution in [2.24, 2.45) is 0 Å². The molecule has 2 heterocycles. The van der Waals surface area contributed by atoms with Gasteiger partial charge in [-0.3, -0.25) is 10.1 Å². The third-order valence-corrected chi connectivity index (χ3v) is 5.45. The fraction of sp³-hybridized carbons (Fsp3) is 0.400. The lowest BCUT2D eigenvalue weighted by molar-refractivity contribution is -0.401. The van der Waals surface area contributed by atoms with Gasteiger partial charge in [0, 0.05) is 0 Å². The predicted octanol–water partition coefficient (Wildman–Crippen LogP) is 2.17. The van der Waals surface area contributed by atoms with Gasteiger partial charge in [0.1, 0.15) is 4.92 Å². The Morgan fingerprint density at radius 1 is 1.45 bits per heavy atom. The van der Waals surface area contributed by atoms with Gasteiger partial charge in [-0.05, 0) is 31.7 Å². The van der Waals surface area contributed by atoms with Gasteiger partial charge in [-0.25, -0.2) is 0 Å². The largest absolute Gasteiger partial charge is 0.433 e. The highest BCUT2D eigenvalue weighted by Gasteiger charge is 2.27. The van der Waals surface area contributed by atoms with E-state index in [1.807, 2.05) is 0 Å². The van der Waals surface area contributed by atoms with Crippen molar-refractivity contribution in [2.75, 3.05) is 18.9 Å². The van der Waals surface area contributed by atoms with Gasteiger partial charge in [0.2, 0.25) is 11.8 Å². The molecule has 22 heavy (non-hydrogen) atoms. The van der Waals surface area contributed by atoms with Crippen molar-refractivity contribution in [2.45, 2.75) is 13.8 Å². The van der Waals surface area contributed by atoms with E-state index in [2.05, 4.69) is 10.1 Å². The van der Waals surface area contributed by atoms with Gasteiger partial charge < -0.3 is 19.2 Å². The highest BCUT2D eigenvalue weighted by molar-refractivity contribution is 8.09. The number of furan rings is 1. The van der Waals surface area contributed by atoms with Crippen LogP contribution in [0.15, 0.2) is 16.5 Å². The average molecular weight is 347 g/mol. The van der Waals surface area contributed by atoms with E-state index in [0.717, 1.165) is 0 Å². The summed E-state index contributed by atoms with van der Waals surface area (Å²) in [5.41, 5.74) is 5.81. The molecule has 0 aliphatic carbocycles. The number of nitrogens with two attached hydrogens (primary N) is 1. The molecule has 0 fully saturated rings. The summed E-state index contributed by atoms with van der Waals surface area (Å²) in [4.78, 5) is 14.0. The molecule has 2 aromatic rings. The molecule has 0 aromatic carbocycles. The Labute approximate surface area is 130 Å². The maximum Gasteiger partial charge on any atom is 0.433 e. The zero-order chi connectivity index (χ0) is 16.3. The molecule has 0 saturated carbocycles. The van der Waals surface area contributed by atoms with E-state index in [0.29, 0.717) is 13.2 Å². The topological polar surface area (TPSA) is 131 Å². The molecule has 10 nitrogen and oxygen atoms in total. The fourth-order valence-electron chi connectivity index (χ4n) is 1.62. The first-order valence-corrected chi connectivity index (χ1v) is 8.87. The molecule has 0 bridgehead atoms. The van der Waals surface area contributed by atoms with E-state index in [9.17, 15) is 10.1 Å². The molecule has 2 N–H and O–H groups in total. The molecule has 0 spiro atoms. The van der Waals surface area contributed by atoms with Crippen molar-refractivity contribution in [3.8, 4) is 11.6 Å². The number of anilines is 1. The van der Waals surface area contributed by atoms with Gasteiger partial charge in [0.05, 0.1) is 19.3 Å². The van der Waals surface area contributed by atoms with Crippen LogP contribution in [0.25, 0.3) is 11.6 Å². The van der Waals surface area contributed by atoms with Crippen LogP contribution < -0.4 is 5.73 Å². The van der Waals surface area contributed by atoms with Crippen molar-refractivity contribution in [1.82, 2.24) is 14.5 Å². The smallest absolute Gasteiger partial charge is 0.397 e. The maximum absolute atomic E-state index is 10.6. The van der Waals surface area contributed by atoms with Gasteiger partial charge in [-0.2, -0.15) is 9.44 Å². The minimum atomic E-state index is -2.95. The van der Waals surface area contributed by atoms with Crippen LogP contribution in [0.1, 0.15) is 13.8 Å². The van der Waals surface area contributed by atoms with Crippen LogP contribution in [0.4, 0.5) is 11.8 Å². The molecular formula is C10H14N5O5PS. The van der Waals surface area contributed by atoms with Crippen LogP contribution in [-0.4, -0.2) is 32.7 Å². The van der Waals surface area contributed by atoms with Crippen molar-refractivity contribution < 1.29 is 18.4 Å². The summed E-state index contributed by atoms with van der Waals surface area (Å²) in [6, 6.07) is 2.58. The van der Waals surface area contributed by atoms with Gasteiger partial charge >= 0.3 is 12.5 Å². The number of nitrogens with zero attached hydrogens (tertiary/aromatic N) is 4. The second-order valence-electron chi connectivity index (χ2n) is 3.88. The first kappa shape index (κ1) is 16.6. The van der Waals surface area contributed by atoms with Crippen LogP contribution in [0, 0.1) is 10.1 Å². The van der Waals surface area contributed by atoms with E-state index >= 15 is 0 Å². The van der Waals surface area contributed by atoms with Gasteiger partial charge in [-0.1, -0.05) is 0 Å². The summed E-state index contributed by atoms with van der Waals surface area (Å²) in [6.45, 7) is 1.23. The van der Waals surface area contributed by atoms with E-state index in [4.69, 9.17) is 31.0 Å². The highest BCUT2D eigenvalue weighted by atomic mass is 32.5. The molecule has 2 aromatic heterocycles. The number of nitro groups is 1. The van der Waals surface area contributed by atoms with Crippen molar-refractivity contribution in [3.05, 3.63) is 22.2 Å². The second-order valence-corrected chi connectivity index (χ2v) is 7.10. The molecule has 0 amide bonds. The molecular weight excluding hydrogens is 333 g/mol. The molecule has 0 aliphatic rings. The molecule has 12 heteroatoms. The summed E-state index contributed by atoms with van der Waals surface area (Å²) in [5.74, 6) is -0.260.